The third-order valence-electron chi connectivity index (χ3n) is 4.36. The van der Waals surface area contributed by atoms with Gasteiger partial charge in [0.1, 0.15) is 0 Å². The first-order valence-electron chi connectivity index (χ1n) is 8.88. The van der Waals surface area contributed by atoms with Gasteiger partial charge in [-0.25, -0.2) is 4.98 Å². The van der Waals surface area contributed by atoms with Gasteiger partial charge >= 0.3 is 0 Å². The number of carbonyl (C=O) groups is 2. The number of likely N-dealkylation sites (tertiary alicyclic amines) is 1. The van der Waals surface area contributed by atoms with E-state index in [1.54, 1.807) is 0 Å². The molecule has 2 heterocycles. The molecule has 0 radical (unpaired) electrons. The second-order valence-corrected chi connectivity index (χ2v) is 9.43. The number of nitrogens with one attached hydrogen (secondary N) is 1. The van der Waals surface area contributed by atoms with Gasteiger partial charge in [-0.3, -0.25) is 9.59 Å². The smallest absolute Gasteiger partial charge is 0.236 e. The summed E-state index contributed by atoms with van der Waals surface area (Å²) in [5.41, 5.74) is 1.84. The molecule has 1 aliphatic heterocycles. The number of thioether (sulfide) groups is 1. The number of hydrogen-bond donors (Lipinski definition) is 1. The molecule has 0 bridgehead atoms. The number of benzene rings is 1. The molecule has 1 aromatic carbocycles. The fourth-order valence-electron chi connectivity index (χ4n) is 2.98. The molecule has 8 heteroatoms. The lowest BCUT2D eigenvalue weighted by atomic mass is 10.0. The highest BCUT2D eigenvalue weighted by atomic mass is 79.9. The van der Waals surface area contributed by atoms with Crippen LogP contribution in [0, 0.1) is 5.92 Å². The molecule has 2 aromatic rings. The van der Waals surface area contributed by atoms with Gasteiger partial charge in [-0.15, -0.1) is 23.1 Å². The Labute approximate surface area is 176 Å². The van der Waals surface area contributed by atoms with Gasteiger partial charge in [0.25, 0.3) is 0 Å². The summed E-state index contributed by atoms with van der Waals surface area (Å²) in [6.07, 6.45) is 2.26. The average molecular weight is 468 g/mol. The Morgan fingerprint density at radius 2 is 2.11 bits per heavy atom. The normalized spacial score (nSPS) is 17.0. The molecule has 1 aromatic heterocycles. The van der Waals surface area contributed by atoms with Gasteiger partial charge in [-0.1, -0.05) is 35.0 Å². The summed E-state index contributed by atoms with van der Waals surface area (Å²) in [5.74, 6) is 1.17. The third kappa shape index (κ3) is 6.05. The molecule has 1 aliphatic rings. The second-order valence-electron chi connectivity index (χ2n) is 6.67. The van der Waals surface area contributed by atoms with Gasteiger partial charge in [0.2, 0.25) is 11.8 Å². The fourth-order valence-corrected chi connectivity index (χ4v) is 4.70. The van der Waals surface area contributed by atoms with Gasteiger partial charge in [0.15, 0.2) is 5.13 Å². The SMILES string of the molecule is CC1CCCN(C(=O)CSCC(=O)Nc2nc(-c3ccc(Br)cc3)cs2)C1. The van der Waals surface area contributed by atoms with Crippen LogP contribution in [0.25, 0.3) is 11.3 Å². The van der Waals surface area contributed by atoms with Crippen LogP contribution < -0.4 is 5.32 Å². The maximum atomic E-state index is 12.2. The first kappa shape index (κ1) is 20.4. The molecule has 1 saturated heterocycles. The lowest BCUT2D eigenvalue weighted by molar-refractivity contribution is -0.130. The lowest BCUT2D eigenvalue weighted by Gasteiger charge is -2.30. The van der Waals surface area contributed by atoms with Gasteiger partial charge in [0.05, 0.1) is 17.2 Å². The molecule has 1 N–H and O–H groups in total. The molecule has 1 unspecified atom stereocenters. The fraction of sp³-hybridized carbons (Fsp3) is 0.421. The van der Waals surface area contributed by atoms with E-state index in [1.165, 1.54) is 29.5 Å². The summed E-state index contributed by atoms with van der Waals surface area (Å²) in [6.45, 7) is 3.86. The van der Waals surface area contributed by atoms with E-state index in [2.05, 4.69) is 33.2 Å². The van der Waals surface area contributed by atoms with Gasteiger partial charge in [0, 0.05) is 28.5 Å². The summed E-state index contributed by atoms with van der Waals surface area (Å²) < 4.78 is 1.01. The van der Waals surface area contributed by atoms with Crippen molar-refractivity contribution in [3.8, 4) is 11.3 Å². The van der Waals surface area contributed by atoms with Crippen molar-refractivity contribution in [2.45, 2.75) is 19.8 Å². The number of anilines is 1. The number of thiazole rings is 1. The minimum Gasteiger partial charge on any atom is -0.342 e. The molecular formula is C19H22BrN3O2S2. The van der Waals surface area contributed by atoms with Crippen LogP contribution in [0.4, 0.5) is 5.13 Å². The van der Waals surface area contributed by atoms with E-state index in [0.29, 0.717) is 16.8 Å². The van der Waals surface area contributed by atoms with Crippen molar-refractivity contribution < 1.29 is 9.59 Å². The monoisotopic (exact) mass is 467 g/mol. The van der Waals surface area contributed by atoms with Crippen LogP contribution in [0.2, 0.25) is 0 Å². The zero-order chi connectivity index (χ0) is 19.2. The zero-order valence-electron chi connectivity index (χ0n) is 15.1. The number of carbonyl (C=O) groups excluding carboxylic acids is 2. The third-order valence-corrected chi connectivity index (χ3v) is 6.56. The molecule has 0 aliphatic carbocycles. The molecule has 0 saturated carbocycles. The summed E-state index contributed by atoms with van der Waals surface area (Å²) in [4.78, 5) is 30.7. The van der Waals surface area contributed by atoms with Gasteiger partial charge < -0.3 is 10.2 Å². The van der Waals surface area contributed by atoms with Crippen LogP contribution in [0.5, 0.6) is 0 Å². The highest BCUT2D eigenvalue weighted by Gasteiger charge is 2.20. The lowest BCUT2D eigenvalue weighted by Crippen LogP contribution is -2.40. The van der Waals surface area contributed by atoms with E-state index in [4.69, 9.17) is 0 Å². The Hall–Kier alpha value is -1.38. The van der Waals surface area contributed by atoms with Crippen LogP contribution in [0.3, 0.4) is 0 Å². The van der Waals surface area contributed by atoms with Crippen molar-refractivity contribution in [1.29, 1.82) is 0 Å². The quantitative estimate of drug-likeness (QED) is 0.678. The second kappa shape index (κ2) is 9.71. The average Bonchev–Trinajstić information content (AvgIpc) is 3.10. The van der Waals surface area contributed by atoms with Crippen LogP contribution in [-0.2, 0) is 9.59 Å². The van der Waals surface area contributed by atoms with Crippen molar-refractivity contribution >= 4 is 56.0 Å². The minimum atomic E-state index is -0.128. The standard InChI is InChI=1S/C19H22BrN3O2S2/c1-13-3-2-8-23(9-13)18(25)12-26-11-17(24)22-19-21-16(10-27-19)14-4-6-15(20)7-5-14/h4-7,10,13H,2-3,8-9,11-12H2,1H3,(H,21,22,24). The first-order chi connectivity index (χ1) is 13.0. The largest absolute Gasteiger partial charge is 0.342 e. The van der Waals surface area contributed by atoms with Crippen molar-refractivity contribution in [1.82, 2.24) is 9.88 Å². The van der Waals surface area contributed by atoms with Crippen LogP contribution in [0.1, 0.15) is 19.8 Å². The Morgan fingerprint density at radius 1 is 1.33 bits per heavy atom. The number of piperidine rings is 1. The molecule has 2 amide bonds. The molecular weight excluding hydrogens is 446 g/mol. The summed E-state index contributed by atoms with van der Waals surface area (Å²) >= 11 is 6.17. The maximum Gasteiger partial charge on any atom is 0.236 e. The summed E-state index contributed by atoms with van der Waals surface area (Å²) in [5, 5.41) is 5.32. The highest BCUT2D eigenvalue weighted by Crippen LogP contribution is 2.26. The topological polar surface area (TPSA) is 62.3 Å². The number of aromatic nitrogens is 1. The molecule has 1 atom stereocenters. The predicted molar refractivity (Wildman–Crippen MR) is 116 cm³/mol. The number of amides is 2. The van der Waals surface area contributed by atoms with E-state index in [9.17, 15) is 9.59 Å². The van der Waals surface area contributed by atoms with Crippen molar-refractivity contribution in [3.05, 3.63) is 34.1 Å². The molecule has 5 nitrogen and oxygen atoms in total. The van der Waals surface area contributed by atoms with Crippen LogP contribution >= 0.6 is 39.0 Å². The van der Waals surface area contributed by atoms with E-state index in [-0.39, 0.29) is 17.6 Å². The van der Waals surface area contributed by atoms with Crippen molar-refractivity contribution in [2.24, 2.45) is 5.92 Å². The van der Waals surface area contributed by atoms with E-state index in [0.717, 1.165) is 35.2 Å². The minimum absolute atomic E-state index is 0.128. The molecule has 144 valence electrons. The van der Waals surface area contributed by atoms with E-state index in [1.807, 2.05) is 34.5 Å². The maximum absolute atomic E-state index is 12.2. The number of nitrogens with zero attached hydrogens (tertiary/aromatic N) is 2. The summed E-state index contributed by atoms with van der Waals surface area (Å²) in [7, 11) is 0. The Morgan fingerprint density at radius 3 is 2.85 bits per heavy atom. The Bertz CT molecular complexity index is 795. The zero-order valence-corrected chi connectivity index (χ0v) is 18.3. The van der Waals surface area contributed by atoms with Crippen molar-refractivity contribution in [2.75, 3.05) is 29.9 Å². The summed E-state index contributed by atoms with van der Waals surface area (Å²) in [6, 6.07) is 7.88. The van der Waals surface area contributed by atoms with Crippen molar-refractivity contribution in [3.63, 3.8) is 0 Å². The van der Waals surface area contributed by atoms with Crippen LogP contribution in [-0.4, -0.2) is 46.3 Å². The highest BCUT2D eigenvalue weighted by molar-refractivity contribution is 9.10. The number of rotatable bonds is 6. The van der Waals surface area contributed by atoms with Gasteiger partial charge in [-0.2, -0.15) is 0 Å². The first-order valence-corrected chi connectivity index (χ1v) is 11.7. The molecule has 27 heavy (non-hydrogen) atoms. The Kier molecular flexibility index (Phi) is 7.32. The number of hydrogen-bond acceptors (Lipinski definition) is 5. The van der Waals surface area contributed by atoms with E-state index < -0.39 is 0 Å². The van der Waals surface area contributed by atoms with E-state index >= 15 is 0 Å². The number of halogens is 1. The Balaban J connectivity index is 1.43. The van der Waals surface area contributed by atoms with Gasteiger partial charge in [-0.05, 0) is 30.9 Å². The molecule has 0 spiro atoms. The van der Waals surface area contributed by atoms with Crippen LogP contribution in [0.15, 0.2) is 34.1 Å². The molecule has 1 fully saturated rings. The predicted octanol–water partition coefficient (Wildman–Crippen LogP) is 4.50. The molecule has 3 rings (SSSR count).